The number of carbonyl (C=O) groups excluding carboxylic acids is 1. The third kappa shape index (κ3) is 4.63. The minimum atomic E-state index is -0.877. The van der Waals surface area contributed by atoms with Crippen LogP contribution >= 0.6 is 22.6 Å². The van der Waals surface area contributed by atoms with E-state index in [0.29, 0.717) is 20.8 Å². The molecule has 3 fully saturated rings. The van der Waals surface area contributed by atoms with Crippen LogP contribution in [0, 0.1) is 3.57 Å². The SMILES string of the molecule is COc1cc(C(=O)O[C@@H]2[C@H]3OC(C)(C)O[C@H]3O[C@@H]2[C@H]2COC(C)(C)O2)c(I)c(OC)c1OC. The predicted molar refractivity (Wildman–Crippen MR) is 122 cm³/mol. The van der Waals surface area contributed by atoms with E-state index >= 15 is 0 Å². The lowest BCUT2D eigenvalue weighted by Gasteiger charge is -2.29. The second kappa shape index (κ2) is 9.00. The van der Waals surface area contributed by atoms with Crippen LogP contribution in [0.1, 0.15) is 38.1 Å². The van der Waals surface area contributed by atoms with Crippen molar-refractivity contribution < 1.29 is 47.4 Å². The molecule has 33 heavy (non-hydrogen) atoms. The van der Waals surface area contributed by atoms with Crippen molar-refractivity contribution >= 4 is 28.6 Å². The monoisotopic (exact) mass is 580 g/mol. The molecule has 3 aliphatic rings. The molecule has 0 amide bonds. The first-order valence-corrected chi connectivity index (χ1v) is 11.6. The van der Waals surface area contributed by atoms with Crippen molar-refractivity contribution in [2.45, 2.75) is 70.0 Å². The molecule has 0 spiro atoms. The summed E-state index contributed by atoms with van der Waals surface area (Å²) < 4.78 is 52.5. The van der Waals surface area contributed by atoms with Crippen LogP contribution in [0.25, 0.3) is 0 Å². The van der Waals surface area contributed by atoms with E-state index in [0.717, 1.165) is 0 Å². The highest BCUT2D eigenvalue weighted by atomic mass is 127. The van der Waals surface area contributed by atoms with E-state index in [-0.39, 0.29) is 12.2 Å². The topological polar surface area (TPSA) is 100 Å². The molecule has 10 nitrogen and oxygen atoms in total. The van der Waals surface area contributed by atoms with E-state index in [9.17, 15) is 4.79 Å². The number of fused-ring (bicyclic) bond motifs is 1. The van der Waals surface area contributed by atoms with Gasteiger partial charge in [0, 0.05) is 0 Å². The first-order valence-electron chi connectivity index (χ1n) is 10.5. The van der Waals surface area contributed by atoms with Crippen molar-refractivity contribution in [3.63, 3.8) is 0 Å². The molecule has 1 aromatic rings. The molecule has 3 saturated heterocycles. The average molecular weight is 580 g/mol. The first-order chi connectivity index (χ1) is 15.5. The number of rotatable bonds is 6. The Morgan fingerprint density at radius 2 is 1.67 bits per heavy atom. The van der Waals surface area contributed by atoms with Crippen LogP contribution in [-0.4, -0.2) is 76.2 Å². The first kappa shape index (κ1) is 24.7. The molecule has 0 bridgehead atoms. The molecule has 0 unspecified atom stereocenters. The second-order valence-electron chi connectivity index (χ2n) is 8.81. The molecule has 0 aliphatic carbocycles. The Balaban J connectivity index is 1.64. The van der Waals surface area contributed by atoms with Crippen LogP contribution in [0.2, 0.25) is 0 Å². The highest BCUT2D eigenvalue weighted by molar-refractivity contribution is 14.1. The lowest BCUT2D eigenvalue weighted by atomic mass is 10.1. The van der Waals surface area contributed by atoms with Gasteiger partial charge < -0.3 is 42.6 Å². The van der Waals surface area contributed by atoms with E-state index < -0.39 is 48.2 Å². The smallest absolute Gasteiger partial charge is 0.339 e. The standard InChI is InChI=1S/C22H29IO10/c1-21(2)28-9-12(31-21)15-17(18-20(30-15)33-22(3,4)32-18)29-19(24)10-8-11(25-5)14(26-6)16(27-7)13(10)23/h8,12,15,17-18,20H,9H2,1-7H3/t12-,15-,17+,18-,20-/m1/s1. The van der Waals surface area contributed by atoms with Gasteiger partial charge in [0.2, 0.25) is 5.75 Å². The molecular formula is C22H29IO10. The predicted octanol–water partition coefficient (Wildman–Crippen LogP) is 2.87. The average Bonchev–Trinajstić information content (AvgIpc) is 3.36. The maximum Gasteiger partial charge on any atom is 0.339 e. The van der Waals surface area contributed by atoms with Crippen LogP contribution in [-0.2, 0) is 28.4 Å². The molecule has 0 aromatic heterocycles. The molecule has 3 heterocycles. The maximum absolute atomic E-state index is 13.4. The zero-order valence-electron chi connectivity index (χ0n) is 19.6. The van der Waals surface area contributed by atoms with Crippen LogP contribution in [0.3, 0.4) is 0 Å². The van der Waals surface area contributed by atoms with Gasteiger partial charge in [0.05, 0.1) is 37.1 Å². The number of carbonyl (C=O) groups is 1. The summed E-state index contributed by atoms with van der Waals surface area (Å²) in [5.41, 5.74) is 0.259. The van der Waals surface area contributed by atoms with Gasteiger partial charge in [-0.15, -0.1) is 0 Å². The summed E-state index contributed by atoms with van der Waals surface area (Å²) in [6.07, 6.45) is -3.21. The van der Waals surface area contributed by atoms with Crippen molar-refractivity contribution in [3.05, 3.63) is 15.2 Å². The molecule has 11 heteroatoms. The number of hydrogen-bond donors (Lipinski definition) is 0. The van der Waals surface area contributed by atoms with Gasteiger partial charge in [0.15, 0.2) is 41.6 Å². The Morgan fingerprint density at radius 1 is 0.970 bits per heavy atom. The van der Waals surface area contributed by atoms with Crippen molar-refractivity contribution in [2.75, 3.05) is 27.9 Å². The Kier molecular flexibility index (Phi) is 6.75. The quantitative estimate of drug-likeness (QED) is 0.369. The summed E-state index contributed by atoms with van der Waals surface area (Å²) in [5, 5.41) is 0. The summed E-state index contributed by atoms with van der Waals surface area (Å²) >= 11 is 2.02. The molecule has 0 saturated carbocycles. The molecule has 3 aliphatic heterocycles. The Morgan fingerprint density at radius 3 is 2.24 bits per heavy atom. The van der Waals surface area contributed by atoms with Gasteiger partial charge in [-0.1, -0.05) is 0 Å². The van der Waals surface area contributed by atoms with Crippen LogP contribution in [0.4, 0.5) is 0 Å². The van der Waals surface area contributed by atoms with E-state index in [1.807, 2.05) is 36.4 Å². The zero-order valence-corrected chi connectivity index (χ0v) is 21.8. The summed E-state index contributed by atoms with van der Waals surface area (Å²) in [6, 6.07) is 1.56. The number of halogens is 1. The summed E-state index contributed by atoms with van der Waals surface area (Å²) in [5.74, 6) is -1.14. The second-order valence-corrected chi connectivity index (χ2v) is 9.89. The Bertz CT molecular complexity index is 917. The lowest BCUT2D eigenvalue weighted by molar-refractivity contribution is -0.232. The fraction of sp³-hybridized carbons (Fsp3) is 0.682. The van der Waals surface area contributed by atoms with Gasteiger partial charge in [-0.05, 0) is 56.4 Å². The van der Waals surface area contributed by atoms with E-state index in [4.69, 9.17) is 42.6 Å². The lowest BCUT2D eigenvalue weighted by Crippen LogP contribution is -2.45. The van der Waals surface area contributed by atoms with Crippen LogP contribution in [0.5, 0.6) is 17.2 Å². The van der Waals surface area contributed by atoms with Gasteiger partial charge in [-0.25, -0.2) is 4.79 Å². The molecule has 5 atom stereocenters. The number of benzene rings is 1. The molecular weight excluding hydrogens is 551 g/mol. The van der Waals surface area contributed by atoms with Gasteiger partial charge >= 0.3 is 5.97 Å². The van der Waals surface area contributed by atoms with Crippen molar-refractivity contribution in [3.8, 4) is 17.2 Å². The van der Waals surface area contributed by atoms with Crippen LogP contribution in [0.15, 0.2) is 6.07 Å². The number of methoxy groups -OCH3 is 3. The minimum absolute atomic E-state index is 0.259. The number of esters is 1. The Hall–Kier alpha value is -1.38. The minimum Gasteiger partial charge on any atom is -0.493 e. The van der Waals surface area contributed by atoms with E-state index in [2.05, 4.69) is 0 Å². The van der Waals surface area contributed by atoms with E-state index in [1.54, 1.807) is 19.9 Å². The fourth-order valence-corrected chi connectivity index (χ4v) is 5.11. The fourth-order valence-electron chi connectivity index (χ4n) is 4.27. The molecule has 184 valence electrons. The van der Waals surface area contributed by atoms with Crippen molar-refractivity contribution in [2.24, 2.45) is 0 Å². The van der Waals surface area contributed by atoms with Crippen molar-refractivity contribution in [1.82, 2.24) is 0 Å². The summed E-state index contributed by atoms with van der Waals surface area (Å²) in [6.45, 7) is 7.48. The number of ether oxygens (including phenoxy) is 9. The molecule has 0 radical (unpaired) electrons. The summed E-state index contributed by atoms with van der Waals surface area (Å²) in [7, 11) is 4.47. The van der Waals surface area contributed by atoms with Gasteiger partial charge in [0.25, 0.3) is 0 Å². The van der Waals surface area contributed by atoms with E-state index in [1.165, 1.54) is 21.3 Å². The third-order valence-corrected chi connectivity index (χ3v) is 6.73. The summed E-state index contributed by atoms with van der Waals surface area (Å²) in [4.78, 5) is 13.4. The highest BCUT2D eigenvalue weighted by Gasteiger charge is 2.60. The largest absolute Gasteiger partial charge is 0.493 e. The Labute approximate surface area is 206 Å². The number of hydrogen-bond acceptors (Lipinski definition) is 10. The zero-order chi connectivity index (χ0) is 24.1. The van der Waals surface area contributed by atoms with Gasteiger partial charge in [0.1, 0.15) is 12.2 Å². The molecule has 0 N–H and O–H groups in total. The maximum atomic E-state index is 13.4. The highest BCUT2D eigenvalue weighted by Crippen LogP contribution is 2.45. The molecule has 4 rings (SSSR count). The van der Waals surface area contributed by atoms with Gasteiger partial charge in [-0.2, -0.15) is 0 Å². The third-order valence-electron chi connectivity index (χ3n) is 5.66. The van der Waals surface area contributed by atoms with Gasteiger partial charge in [-0.3, -0.25) is 0 Å². The molecule has 1 aromatic carbocycles. The van der Waals surface area contributed by atoms with Crippen LogP contribution < -0.4 is 14.2 Å². The van der Waals surface area contributed by atoms with Crippen molar-refractivity contribution in [1.29, 1.82) is 0 Å². The normalized spacial score (nSPS) is 31.8.